The Morgan fingerprint density at radius 3 is 2.79 bits per heavy atom. The number of halogens is 1. The van der Waals surface area contributed by atoms with E-state index in [1.54, 1.807) is 27.8 Å². The molecule has 0 aliphatic carbocycles. The smallest absolute Gasteiger partial charge is 0.206 e. The van der Waals surface area contributed by atoms with Gasteiger partial charge in [0.1, 0.15) is 4.21 Å². The molecule has 0 spiro atoms. The summed E-state index contributed by atoms with van der Waals surface area (Å²) in [4.78, 5) is 1.11. The zero-order valence-electron chi connectivity index (χ0n) is 9.95. The first kappa shape index (κ1) is 13.6. The summed E-state index contributed by atoms with van der Waals surface area (Å²) in [5.41, 5.74) is 0. The van der Waals surface area contributed by atoms with Crippen LogP contribution in [0.2, 0.25) is 4.34 Å². The Hall–Kier alpha value is -0.400. The van der Waals surface area contributed by atoms with Gasteiger partial charge in [-0.2, -0.15) is 4.31 Å². The Labute approximate surface area is 125 Å². The van der Waals surface area contributed by atoms with Gasteiger partial charge in [0.15, 0.2) is 0 Å². The molecule has 0 saturated carbocycles. The first-order chi connectivity index (χ1) is 9.09. The highest BCUT2D eigenvalue weighted by Crippen LogP contribution is 2.40. The molecule has 0 aromatic carbocycles. The van der Waals surface area contributed by atoms with E-state index in [2.05, 4.69) is 0 Å². The maximum Gasteiger partial charge on any atom is 0.253 e. The molecule has 1 unspecified atom stereocenters. The van der Waals surface area contributed by atoms with Crippen molar-refractivity contribution in [1.29, 1.82) is 0 Å². The predicted octanol–water partition coefficient (Wildman–Crippen LogP) is 3.99. The molecule has 2 aromatic heterocycles. The number of hydrogen-bond acceptors (Lipinski definition) is 4. The van der Waals surface area contributed by atoms with Crippen molar-refractivity contribution in [2.24, 2.45) is 0 Å². The molecular formula is C12H12ClNO2S3. The van der Waals surface area contributed by atoms with Crippen molar-refractivity contribution < 1.29 is 8.42 Å². The number of thiophene rings is 2. The van der Waals surface area contributed by atoms with Gasteiger partial charge in [0, 0.05) is 11.4 Å². The van der Waals surface area contributed by atoms with Crippen molar-refractivity contribution in [3.05, 3.63) is 38.9 Å². The van der Waals surface area contributed by atoms with Crippen molar-refractivity contribution in [3.8, 4) is 0 Å². The van der Waals surface area contributed by atoms with Crippen LogP contribution >= 0.6 is 34.3 Å². The second kappa shape index (κ2) is 5.18. The summed E-state index contributed by atoms with van der Waals surface area (Å²) in [6.07, 6.45) is 1.79. The molecule has 3 nitrogen and oxygen atoms in total. The second-order valence-electron chi connectivity index (χ2n) is 4.35. The molecule has 2 aromatic rings. The molecule has 0 bridgehead atoms. The van der Waals surface area contributed by atoms with Crippen LogP contribution in [0, 0.1) is 0 Å². The molecule has 1 atom stereocenters. The quantitative estimate of drug-likeness (QED) is 0.851. The highest BCUT2D eigenvalue weighted by Gasteiger charge is 2.37. The fourth-order valence-corrected chi connectivity index (χ4v) is 6.57. The molecule has 0 amide bonds. The van der Waals surface area contributed by atoms with Gasteiger partial charge in [-0.05, 0) is 36.4 Å². The Morgan fingerprint density at radius 2 is 2.16 bits per heavy atom. The normalized spacial score (nSPS) is 21.0. The van der Waals surface area contributed by atoms with E-state index in [1.165, 1.54) is 0 Å². The molecule has 1 aliphatic rings. The van der Waals surface area contributed by atoms with Gasteiger partial charge in [-0.25, -0.2) is 8.42 Å². The molecule has 1 aliphatic heterocycles. The summed E-state index contributed by atoms with van der Waals surface area (Å²) < 4.78 is 27.7. The first-order valence-electron chi connectivity index (χ1n) is 5.89. The van der Waals surface area contributed by atoms with E-state index in [9.17, 15) is 8.42 Å². The van der Waals surface area contributed by atoms with E-state index >= 15 is 0 Å². The Morgan fingerprint density at radius 1 is 1.32 bits per heavy atom. The van der Waals surface area contributed by atoms with Crippen LogP contribution in [0.4, 0.5) is 0 Å². The largest absolute Gasteiger partial charge is 0.253 e. The summed E-state index contributed by atoms with van der Waals surface area (Å²) in [6, 6.07) is 7.17. The third kappa shape index (κ3) is 2.48. The van der Waals surface area contributed by atoms with Crippen LogP contribution in [0.1, 0.15) is 23.8 Å². The number of sulfonamides is 1. The Bertz CT molecular complexity index is 663. The topological polar surface area (TPSA) is 37.4 Å². The summed E-state index contributed by atoms with van der Waals surface area (Å²) in [5.74, 6) is 0. The van der Waals surface area contributed by atoms with Crippen molar-refractivity contribution in [3.63, 3.8) is 0 Å². The lowest BCUT2D eigenvalue weighted by molar-refractivity contribution is 0.402. The Balaban J connectivity index is 1.96. The van der Waals surface area contributed by atoms with Gasteiger partial charge in [0.05, 0.1) is 10.4 Å². The van der Waals surface area contributed by atoms with Crippen LogP contribution in [0.5, 0.6) is 0 Å². The van der Waals surface area contributed by atoms with E-state index in [4.69, 9.17) is 11.6 Å². The lowest BCUT2D eigenvalue weighted by Crippen LogP contribution is -2.29. The van der Waals surface area contributed by atoms with Crippen LogP contribution in [-0.2, 0) is 10.0 Å². The fraction of sp³-hybridized carbons (Fsp3) is 0.333. The van der Waals surface area contributed by atoms with E-state index < -0.39 is 10.0 Å². The monoisotopic (exact) mass is 333 g/mol. The van der Waals surface area contributed by atoms with Gasteiger partial charge in [-0.15, -0.1) is 22.7 Å². The summed E-state index contributed by atoms with van der Waals surface area (Å²) >= 11 is 8.58. The SMILES string of the molecule is O=S(=O)(c1ccc(Cl)s1)N1CCCC1c1cccs1. The maximum absolute atomic E-state index is 12.6. The first-order valence-corrected chi connectivity index (χ1v) is 9.41. The molecule has 19 heavy (non-hydrogen) atoms. The number of rotatable bonds is 3. The van der Waals surface area contributed by atoms with Gasteiger partial charge >= 0.3 is 0 Å². The highest BCUT2D eigenvalue weighted by atomic mass is 35.5. The average Bonchev–Trinajstić information content (AvgIpc) is 3.09. The van der Waals surface area contributed by atoms with Crippen molar-refractivity contribution in [2.45, 2.75) is 23.1 Å². The minimum Gasteiger partial charge on any atom is -0.206 e. The standard InChI is InChI=1S/C12H12ClNO2S3/c13-11-5-6-12(18-11)19(15,16)14-7-1-3-9(14)10-4-2-8-17-10/h2,4-6,8-9H,1,3,7H2. The third-order valence-electron chi connectivity index (χ3n) is 3.19. The zero-order chi connectivity index (χ0) is 13.5. The lowest BCUT2D eigenvalue weighted by atomic mass is 10.2. The summed E-state index contributed by atoms with van der Waals surface area (Å²) in [7, 11) is -3.42. The molecule has 7 heteroatoms. The minimum atomic E-state index is -3.42. The van der Waals surface area contributed by atoms with Gasteiger partial charge in [0.25, 0.3) is 10.0 Å². The van der Waals surface area contributed by atoms with Crippen molar-refractivity contribution in [1.82, 2.24) is 4.31 Å². The molecule has 0 N–H and O–H groups in total. The van der Waals surface area contributed by atoms with Crippen LogP contribution in [-0.4, -0.2) is 19.3 Å². The van der Waals surface area contributed by atoms with Crippen LogP contribution in [0.3, 0.4) is 0 Å². The minimum absolute atomic E-state index is 0.0223. The molecule has 3 rings (SSSR count). The van der Waals surface area contributed by atoms with E-state index in [-0.39, 0.29) is 6.04 Å². The van der Waals surface area contributed by atoms with Crippen molar-refractivity contribution in [2.75, 3.05) is 6.54 Å². The maximum atomic E-state index is 12.6. The number of nitrogens with zero attached hydrogens (tertiary/aromatic N) is 1. The van der Waals surface area contributed by atoms with Gasteiger partial charge < -0.3 is 0 Å². The fourth-order valence-electron chi connectivity index (χ4n) is 2.34. The molecule has 0 radical (unpaired) electrons. The predicted molar refractivity (Wildman–Crippen MR) is 79.5 cm³/mol. The van der Waals surface area contributed by atoms with E-state index in [0.717, 1.165) is 29.1 Å². The molecule has 1 saturated heterocycles. The Kier molecular flexibility index (Phi) is 3.70. The highest BCUT2D eigenvalue weighted by molar-refractivity contribution is 7.91. The third-order valence-corrected chi connectivity index (χ3v) is 7.77. The summed E-state index contributed by atoms with van der Waals surface area (Å²) in [5, 5.41) is 1.99. The molecule has 1 fully saturated rings. The lowest BCUT2D eigenvalue weighted by Gasteiger charge is -2.22. The van der Waals surface area contributed by atoms with Crippen molar-refractivity contribution >= 4 is 44.3 Å². The van der Waals surface area contributed by atoms with Gasteiger partial charge in [0.2, 0.25) is 0 Å². The summed E-state index contributed by atoms with van der Waals surface area (Å²) in [6.45, 7) is 0.584. The van der Waals surface area contributed by atoms with E-state index in [1.807, 2.05) is 17.5 Å². The van der Waals surface area contributed by atoms with Gasteiger partial charge in [-0.1, -0.05) is 17.7 Å². The number of hydrogen-bond donors (Lipinski definition) is 0. The molecule has 3 heterocycles. The molecular weight excluding hydrogens is 322 g/mol. The van der Waals surface area contributed by atoms with Crippen LogP contribution < -0.4 is 0 Å². The van der Waals surface area contributed by atoms with Gasteiger partial charge in [-0.3, -0.25) is 0 Å². The van der Waals surface area contributed by atoms with E-state index in [0.29, 0.717) is 15.1 Å². The molecule has 102 valence electrons. The second-order valence-corrected chi connectivity index (χ2v) is 9.16. The van der Waals surface area contributed by atoms with Crippen LogP contribution in [0.25, 0.3) is 0 Å². The van der Waals surface area contributed by atoms with Crippen LogP contribution in [0.15, 0.2) is 33.9 Å². The zero-order valence-corrected chi connectivity index (χ0v) is 13.2. The average molecular weight is 334 g/mol.